The van der Waals surface area contributed by atoms with Crippen LogP contribution in [0.25, 0.3) is 6.08 Å². The number of carbonyl (C=O) groups excluding carboxylic acids is 1. The molecule has 0 saturated carbocycles. The van der Waals surface area contributed by atoms with Crippen molar-refractivity contribution in [1.82, 2.24) is 4.90 Å². The van der Waals surface area contributed by atoms with Crippen LogP contribution in [0.15, 0.2) is 36.6 Å². The lowest BCUT2D eigenvalue weighted by Gasteiger charge is -2.23. The summed E-state index contributed by atoms with van der Waals surface area (Å²) in [4.78, 5) is 13.2. The fraction of sp³-hybridized carbons (Fsp3) is 0.357. The first kappa shape index (κ1) is 11.7. The molecule has 1 aromatic rings. The van der Waals surface area contributed by atoms with E-state index in [-0.39, 0.29) is 12.1 Å². The summed E-state index contributed by atoms with van der Waals surface area (Å²) in [6.07, 6.45) is 4.97. The van der Waals surface area contributed by atoms with Gasteiger partial charge in [0.05, 0.1) is 6.26 Å². The van der Waals surface area contributed by atoms with E-state index in [1.54, 1.807) is 11.2 Å². The summed E-state index contributed by atoms with van der Waals surface area (Å²) in [6.45, 7) is 2.71. The Kier molecular flexibility index (Phi) is 3.81. The van der Waals surface area contributed by atoms with Crippen molar-refractivity contribution >= 4 is 12.0 Å². The molecular formula is C14H17NO2. The van der Waals surface area contributed by atoms with Crippen molar-refractivity contribution in [2.45, 2.75) is 26.0 Å². The van der Waals surface area contributed by atoms with Crippen molar-refractivity contribution in [3.05, 3.63) is 42.2 Å². The second-order valence-corrected chi connectivity index (χ2v) is 4.14. The highest BCUT2D eigenvalue weighted by atomic mass is 16.5. The Morgan fingerprint density at radius 2 is 2.12 bits per heavy atom. The third kappa shape index (κ3) is 3.09. The molecule has 0 radical (unpaired) electrons. The van der Waals surface area contributed by atoms with E-state index in [0.29, 0.717) is 6.42 Å². The van der Waals surface area contributed by atoms with Crippen LogP contribution in [0.3, 0.4) is 0 Å². The Balaban J connectivity index is 1.85. The molecule has 2 rings (SSSR count). The fourth-order valence-corrected chi connectivity index (χ4v) is 1.92. The molecule has 3 nitrogen and oxygen atoms in total. The molecule has 1 heterocycles. The maximum atomic E-state index is 11.5. The van der Waals surface area contributed by atoms with E-state index in [1.165, 1.54) is 0 Å². The minimum absolute atomic E-state index is 0.176. The third-order valence-electron chi connectivity index (χ3n) is 2.88. The molecule has 1 aliphatic heterocycles. The first-order valence-electron chi connectivity index (χ1n) is 5.94. The zero-order chi connectivity index (χ0) is 12.1. The molecule has 3 heteroatoms. The first-order valence-corrected chi connectivity index (χ1v) is 5.94. The lowest BCUT2D eigenvalue weighted by molar-refractivity contribution is -0.135. The second-order valence-electron chi connectivity index (χ2n) is 4.14. The average Bonchev–Trinajstić information content (AvgIpc) is 2.77. The van der Waals surface area contributed by atoms with E-state index in [4.69, 9.17) is 4.74 Å². The summed E-state index contributed by atoms with van der Waals surface area (Å²) >= 11 is 0. The largest absolute Gasteiger partial charge is 0.478 e. The van der Waals surface area contributed by atoms with E-state index in [1.807, 2.05) is 43.3 Å². The molecular weight excluding hydrogens is 214 g/mol. The molecule has 1 aromatic carbocycles. The van der Waals surface area contributed by atoms with Crippen LogP contribution < -0.4 is 0 Å². The molecule has 0 N–H and O–H groups in total. The van der Waals surface area contributed by atoms with Crippen molar-refractivity contribution in [2.75, 3.05) is 6.54 Å². The summed E-state index contributed by atoms with van der Waals surface area (Å²) in [5.74, 6) is 0.186. The minimum Gasteiger partial charge on any atom is -0.478 e. The van der Waals surface area contributed by atoms with Crippen molar-refractivity contribution in [1.29, 1.82) is 0 Å². The van der Waals surface area contributed by atoms with Gasteiger partial charge in [-0.25, -0.2) is 0 Å². The number of hydrogen-bond acceptors (Lipinski definition) is 2. The number of ether oxygens (including phenoxy) is 1. The van der Waals surface area contributed by atoms with Crippen molar-refractivity contribution in [3.63, 3.8) is 0 Å². The van der Waals surface area contributed by atoms with Crippen LogP contribution in [0.4, 0.5) is 0 Å². The van der Waals surface area contributed by atoms with Gasteiger partial charge in [0.1, 0.15) is 0 Å². The predicted molar refractivity (Wildman–Crippen MR) is 67.0 cm³/mol. The molecule has 1 aliphatic rings. The quantitative estimate of drug-likeness (QED) is 0.745. The van der Waals surface area contributed by atoms with E-state index in [9.17, 15) is 4.79 Å². The van der Waals surface area contributed by atoms with Crippen LogP contribution >= 0.6 is 0 Å². The molecule has 1 saturated heterocycles. The Morgan fingerprint density at radius 3 is 2.76 bits per heavy atom. The molecule has 17 heavy (non-hydrogen) atoms. The van der Waals surface area contributed by atoms with Crippen LogP contribution in [-0.4, -0.2) is 23.6 Å². The zero-order valence-electron chi connectivity index (χ0n) is 10.0. The fourth-order valence-electron chi connectivity index (χ4n) is 1.92. The van der Waals surface area contributed by atoms with Gasteiger partial charge in [0, 0.05) is 13.0 Å². The van der Waals surface area contributed by atoms with Gasteiger partial charge >= 0.3 is 0 Å². The minimum atomic E-state index is -0.176. The van der Waals surface area contributed by atoms with E-state index < -0.39 is 0 Å². The number of benzene rings is 1. The number of rotatable bonds is 4. The van der Waals surface area contributed by atoms with Gasteiger partial charge in [0.2, 0.25) is 5.91 Å². The first-order chi connectivity index (χ1) is 8.27. The summed E-state index contributed by atoms with van der Waals surface area (Å²) in [5, 5.41) is 0. The smallest absolute Gasteiger partial charge is 0.225 e. The SMILES string of the molecule is CC(OC=Cc1ccccc1)N1CCCC1=O. The lowest BCUT2D eigenvalue weighted by Crippen LogP contribution is -2.34. The maximum Gasteiger partial charge on any atom is 0.225 e. The number of hydrogen-bond donors (Lipinski definition) is 0. The van der Waals surface area contributed by atoms with Gasteiger partial charge < -0.3 is 9.64 Å². The summed E-state index contributed by atoms with van der Waals surface area (Å²) in [5.41, 5.74) is 1.09. The van der Waals surface area contributed by atoms with Crippen molar-refractivity contribution < 1.29 is 9.53 Å². The Bertz CT molecular complexity index is 400. The van der Waals surface area contributed by atoms with Gasteiger partial charge in [-0.05, 0) is 25.0 Å². The molecule has 1 amide bonds. The molecule has 0 aromatic heterocycles. The van der Waals surface area contributed by atoms with Crippen molar-refractivity contribution in [3.8, 4) is 0 Å². The Labute approximate surface area is 102 Å². The van der Waals surface area contributed by atoms with Gasteiger partial charge in [0.25, 0.3) is 0 Å². The molecule has 1 unspecified atom stereocenters. The second kappa shape index (κ2) is 5.53. The highest BCUT2D eigenvalue weighted by molar-refractivity contribution is 5.78. The molecule has 1 fully saturated rings. The van der Waals surface area contributed by atoms with Gasteiger partial charge in [-0.2, -0.15) is 0 Å². The predicted octanol–water partition coefficient (Wildman–Crippen LogP) is 2.64. The lowest BCUT2D eigenvalue weighted by atomic mass is 10.2. The molecule has 0 spiro atoms. The highest BCUT2D eigenvalue weighted by Crippen LogP contribution is 2.14. The zero-order valence-corrected chi connectivity index (χ0v) is 10.0. The van der Waals surface area contributed by atoms with Crippen LogP contribution in [0, 0.1) is 0 Å². The van der Waals surface area contributed by atoms with Gasteiger partial charge in [-0.1, -0.05) is 30.3 Å². The summed E-state index contributed by atoms with van der Waals surface area (Å²) in [7, 11) is 0. The van der Waals surface area contributed by atoms with Crippen LogP contribution in [0.2, 0.25) is 0 Å². The number of likely N-dealkylation sites (tertiary alicyclic amines) is 1. The summed E-state index contributed by atoms with van der Waals surface area (Å²) in [6, 6.07) is 9.95. The number of carbonyl (C=O) groups is 1. The molecule has 0 bridgehead atoms. The number of nitrogens with zero attached hydrogens (tertiary/aromatic N) is 1. The van der Waals surface area contributed by atoms with Gasteiger partial charge in [-0.15, -0.1) is 0 Å². The Morgan fingerprint density at radius 1 is 1.35 bits per heavy atom. The van der Waals surface area contributed by atoms with Gasteiger partial charge in [0.15, 0.2) is 6.23 Å². The molecule has 90 valence electrons. The van der Waals surface area contributed by atoms with Gasteiger partial charge in [-0.3, -0.25) is 4.79 Å². The third-order valence-corrected chi connectivity index (χ3v) is 2.88. The molecule has 1 atom stereocenters. The van der Waals surface area contributed by atoms with E-state index in [2.05, 4.69) is 0 Å². The monoisotopic (exact) mass is 231 g/mol. The summed E-state index contributed by atoms with van der Waals surface area (Å²) < 4.78 is 5.52. The number of amides is 1. The standard InChI is InChI=1S/C14H17NO2/c1-12(15-10-5-8-14(15)16)17-11-9-13-6-3-2-4-7-13/h2-4,6-7,9,11-12H,5,8,10H2,1H3. The van der Waals surface area contributed by atoms with Crippen LogP contribution in [0.5, 0.6) is 0 Å². The molecule has 0 aliphatic carbocycles. The van der Waals surface area contributed by atoms with E-state index in [0.717, 1.165) is 18.5 Å². The normalized spacial score (nSPS) is 17.7. The highest BCUT2D eigenvalue weighted by Gasteiger charge is 2.25. The van der Waals surface area contributed by atoms with E-state index >= 15 is 0 Å². The average molecular weight is 231 g/mol. The van der Waals surface area contributed by atoms with Crippen LogP contribution in [0.1, 0.15) is 25.3 Å². The van der Waals surface area contributed by atoms with Crippen LogP contribution in [-0.2, 0) is 9.53 Å². The van der Waals surface area contributed by atoms with Crippen molar-refractivity contribution in [2.24, 2.45) is 0 Å². The Hall–Kier alpha value is -1.77. The topological polar surface area (TPSA) is 29.5 Å². The maximum absolute atomic E-state index is 11.5.